The fourth-order valence-electron chi connectivity index (χ4n) is 4.15. The molecule has 5 atom stereocenters. The maximum absolute atomic E-state index is 2.44. The molecule has 4 unspecified atom stereocenters. The average Bonchev–Trinajstić information content (AvgIpc) is 3.12. The van der Waals surface area contributed by atoms with Crippen molar-refractivity contribution < 1.29 is 0 Å². The molecule has 0 amide bonds. The molecule has 0 aromatic carbocycles. The third-order valence-electron chi connectivity index (χ3n) is 5.33. The highest BCUT2D eigenvalue weighted by atomic mass is 31.1. The van der Waals surface area contributed by atoms with E-state index in [-0.39, 0.29) is 0 Å². The van der Waals surface area contributed by atoms with Gasteiger partial charge in [-0.2, -0.15) is 0 Å². The van der Waals surface area contributed by atoms with Crippen LogP contribution < -0.4 is 0 Å². The predicted octanol–water partition coefficient (Wildman–Crippen LogP) is 6.90. The fraction of sp³-hybridized carbons (Fsp3) is 1.00. The Hall–Kier alpha value is 0.860. The summed E-state index contributed by atoms with van der Waals surface area (Å²) in [6, 6.07) is 0. The third kappa shape index (κ3) is 4.95. The summed E-state index contributed by atoms with van der Waals surface area (Å²) in [6.45, 7) is 11.3. The second kappa shape index (κ2) is 10.6. The molecule has 0 bridgehead atoms. The zero-order chi connectivity index (χ0) is 15.0. The summed E-state index contributed by atoms with van der Waals surface area (Å²) in [7, 11) is 0.847. The molecule has 0 aromatic heterocycles. The van der Waals surface area contributed by atoms with Crippen LogP contribution in [0.15, 0.2) is 0 Å². The van der Waals surface area contributed by atoms with Gasteiger partial charge in [-0.1, -0.05) is 34.6 Å². The van der Waals surface area contributed by atoms with Gasteiger partial charge in [0.1, 0.15) is 0 Å². The topological polar surface area (TPSA) is 0 Å². The third-order valence-corrected chi connectivity index (χ3v) is 12.9. The molecule has 0 aliphatic carbocycles. The lowest BCUT2D eigenvalue weighted by Gasteiger charge is -2.27. The Bertz CT molecular complexity index is 230. The Morgan fingerprint density at radius 2 is 1.30 bits per heavy atom. The zero-order valence-corrected chi connectivity index (χ0v) is 16.5. The van der Waals surface area contributed by atoms with E-state index in [2.05, 4.69) is 20.8 Å². The van der Waals surface area contributed by atoms with Gasteiger partial charge < -0.3 is 0 Å². The van der Waals surface area contributed by atoms with Crippen LogP contribution in [0.2, 0.25) is 0 Å². The molecule has 2 saturated heterocycles. The van der Waals surface area contributed by atoms with Gasteiger partial charge in [-0.25, -0.2) is 0 Å². The Balaban J connectivity index is 0.000000956. The largest absolute Gasteiger partial charge is 0.103 e. The molecule has 0 radical (unpaired) electrons. The van der Waals surface area contributed by atoms with Crippen LogP contribution in [-0.2, 0) is 0 Å². The first-order valence-corrected chi connectivity index (χ1v) is 12.7. The molecule has 0 N–H and O–H groups in total. The molecule has 0 nitrogen and oxygen atoms in total. The molecule has 2 heterocycles. The van der Waals surface area contributed by atoms with Gasteiger partial charge in [0.15, 0.2) is 0 Å². The van der Waals surface area contributed by atoms with Crippen molar-refractivity contribution in [2.75, 3.05) is 18.5 Å². The molecule has 0 aromatic rings. The van der Waals surface area contributed by atoms with Gasteiger partial charge in [0.05, 0.1) is 0 Å². The van der Waals surface area contributed by atoms with Crippen LogP contribution in [0.25, 0.3) is 0 Å². The molecule has 2 aliphatic rings. The van der Waals surface area contributed by atoms with Crippen LogP contribution in [0.4, 0.5) is 0 Å². The molecule has 2 fully saturated rings. The van der Waals surface area contributed by atoms with Crippen molar-refractivity contribution in [3.05, 3.63) is 0 Å². The molecule has 0 spiro atoms. The first-order valence-electron chi connectivity index (χ1n) is 9.29. The Morgan fingerprint density at radius 1 is 0.750 bits per heavy atom. The molecule has 0 saturated carbocycles. The van der Waals surface area contributed by atoms with Crippen LogP contribution in [0.1, 0.15) is 79.6 Å². The van der Waals surface area contributed by atoms with E-state index in [0.29, 0.717) is 15.8 Å². The minimum Gasteiger partial charge on any atom is -0.103 e. The van der Waals surface area contributed by atoms with Crippen LogP contribution >= 0.6 is 15.8 Å². The minimum atomic E-state index is 0.404. The highest BCUT2D eigenvalue weighted by Gasteiger charge is 2.34. The van der Waals surface area contributed by atoms with E-state index in [4.69, 9.17) is 0 Å². The van der Waals surface area contributed by atoms with Crippen molar-refractivity contribution in [1.82, 2.24) is 0 Å². The van der Waals surface area contributed by atoms with Crippen LogP contribution in [0.3, 0.4) is 0 Å². The first-order chi connectivity index (χ1) is 9.80. The van der Waals surface area contributed by atoms with Gasteiger partial charge >= 0.3 is 0 Å². The van der Waals surface area contributed by atoms with Crippen LogP contribution in [-0.4, -0.2) is 35.5 Å². The van der Waals surface area contributed by atoms with Crippen molar-refractivity contribution in [2.45, 2.75) is 96.5 Å². The Morgan fingerprint density at radius 3 is 1.80 bits per heavy atom. The summed E-state index contributed by atoms with van der Waals surface area (Å²) < 4.78 is 0. The lowest BCUT2D eigenvalue weighted by Crippen LogP contribution is -2.09. The van der Waals surface area contributed by atoms with Crippen molar-refractivity contribution >= 4 is 15.8 Å². The lowest BCUT2D eigenvalue weighted by molar-refractivity contribution is 0.696. The minimum absolute atomic E-state index is 0.404. The maximum atomic E-state index is 2.44. The second-order valence-electron chi connectivity index (χ2n) is 6.18. The smallest absolute Gasteiger partial charge is 0.0209 e. The summed E-state index contributed by atoms with van der Waals surface area (Å²) in [4.78, 5) is 0. The standard InChI is InChI=1S/C16H32P2.C2H6/c1-4-14-8-7-11-17(14)12-13-18-15(5-2)9-10-16(18)6-3;1-2/h14-16H,4-13H2,1-3H3;1-2H3/t14?,15-,16?,17?,18?;/m0./s1. The molecule has 2 heteroatoms. The van der Waals surface area contributed by atoms with E-state index in [0.717, 1.165) is 17.0 Å². The highest BCUT2D eigenvalue weighted by Crippen LogP contribution is 2.61. The van der Waals surface area contributed by atoms with Gasteiger partial charge in [0.2, 0.25) is 0 Å². The van der Waals surface area contributed by atoms with Crippen molar-refractivity contribution in [3.8, 4) is 0 Å². The summed E-state index contributed by atoms with van der Waals surface area (Å²) in [5.74, 6) is 0. The fourth-order valence-corrected chi connectivity index (χ4v) is 11.9. The summed E-state index contributed by atoms with van der Waals surface area (Å²) in [6.07, 6.45) is 15.6. The number of rotatable bonds is 6. The molecule has 2 aliphatic heterocycles. The Kier molecular flexibility index (Phi) is 9.99. The lowest BCUT2D eigenvalue weighted by atomic mass is 10.1. The molecule has 120 valence electrons. The summed E-state index contributed by atoms with van der Waals surface area (Å²) in [5.41, 5.74) is 3.43. The van der Waals surface area contributed by atoms with E-state index in [1.165, 1.54) is 19.3 Å². The summed E-state index contributed by atoms with van der Waals surface area (Å²) in [5, 5.41) is 0. The van der Waals surface area contributed by atoms with Gasteiger partial charge in [-0.3, -0.25) is 0 Å². The highest BCUT2D eigenvalue weighted by molar-refractivity contribution is 7.63. The number of hydrogen-bond acceptors (Lipinski definition) is 0. The number of hydrogen-bond donors (Lipinski definition) is 0. The van der Waals surface area contributed by atoms with Crippen LogP contribution in [0, 0.1) is 0 Å². The Labute approximate surface area is 131 Å². The molecule has 2 rings (SSSR count). The van der Waals surface area contributed by atoms with E-state index >= 15 is 0 Å². The van der Waals surface area contributed by atoms with Crippen molar-refractivity contribution in [2.24, 2.45) is 0 Å². The summed E-state index contributed by atoms with van der Waals surface area (Å²) >= 11 is 0. The van der Waals surface area contributed by atoms with Gasteiger partial charge in [0.25, 0.3) is 0 Å². The quantitative estimate of drug-likeness (QED) is 0.467. The monoisotopic (exact) mass is 316 g/mol. The molecule has 20 heavy (non-hydrogen) atoms. The molecular weight excluding hydrogens is 278 g/mol. The van der Waals surface area contributed by atoms with Crippen molar-refractivity contribution in [3.63, 3.8) is 0 Å². The van der Waals surface area contributed by atoms with Crippen molar-refractivity contribution in [1.29, 1.82) is 0 Å². The normalized spacial score (nSPS) is 36.8. The zero-order valence-electron chi connectivity index (χ0n) is 14.7. The van der Waals surface area contributed by atoms with E-state index < -0.39 is 0 Å². The second-order valence-corrected chi connectivity index (χ2v) is 11.9. The average molecular weight is 316 g/mol. The SMILES string of the molecule is CC.CCC1CCCP1CCP1C(CC)CC[C@@H]1CC. The molecular formula is C18H38P2. The van der Waals surface area contributed by atoms with Crippen LogP contribution in [0.5, 0.6) is 0 Å². The van der Waals surface area contributed by atoms with E-state index in [1.807, 2.05) is 13.8 Å². The van der Waals surface area contributed by atoms with Gasteiger partial charge in [-0.05, 0) is 80.4 Å². The van der Waals surface area contributed by atoms with E-state index in [1.54, 1.807) is 44.2 Å². The van der Waals surface area contributed by atoms with Gasteiger partial charge in [0, 0.05) is 0 Å². The van der Waals surface area contributed by atoms with Gasteiger partial charge in [-0.15, -0.1) is 15.8 Å². The maximum Gasteiger partial charge on any atom is -0.0209 e. The first kappa shape index (κ1) is 18.9. The predicted molar refractivity (Wildman–Crippen MR) is 100 cm³/mol. The van der Waals surface area contributed by atoms with E-state index in [9.17, 15) is 0 Å².